The Morgan fingerprint density at radius 1 is 1.00 bits per heavy atom. The van der Waals surface area contributed by atoms with Gasteiger partial charge < -0.3 is 19.9 Å². The van der Waals surface area contributed by atoms with E-state index in [0.29, 0.717) is 0 Å². The van der Waals surface area contributed by atoms with Crippen LogP contribution in [-0.4, -0.2) is 41.9 Å². The van der Waals surface area contributed by atoms with Crippen molar-refractivity contribution < 1.29 is 29.0 Å². The predicted molar refractivity (Wildman–Crippen MR) is 117 cm³/mol. The first-order valence-electron chi connectivity index (χ1n) is 9.75. The van der Waals surface area contributed by atoms with Crippen molar-refractivity contribution in [3.8, 4) is 11.1 Å². The Labute approximate surface area is 181 Å². The van der Waals surface area contributed by atoms with Gasteiger partial charge in [-0.05, 0) is 49.1 Å². The summed E-state index contributed by atoms with van der Waals surface area (Å²) in [6, 6.07) is 14.0. The third kappa shape index (κ3) is 7.97. The molecule has 0 aliphatic heterocycles. The van der Waals surface area contributed by atoms with E-state index in [1.165, 1.54) is 13.2 Å². The molecular formula is C24H27NO6. The third-order valence-electron chi connectivity index (χ3n) is 4.24. The predicted octanol–water partition coefficient (Wildman–Crippen LogP) is 4.06. The van der Waals surface area contributed by atoms with E-state index >= 15 is 0 Å². The molecule has 0 aromatic heterocycles. The smallest absolute Gasteiger partial charge is 0.408 e. The van der Waals surface area contributed by atoms with E-state index in [4.69, 9.17) is 4.74 Å². The third-order valence-corrected chi connectivity index (χ3v) is 4.24. The Bertz CT molecular complexity index is 940. The van der Waals surface area contributed by atoms with E-state index in [2.05, 4.69) is 10.1 Å². The van der Waals surface area contributed by atoms with E-state index in [0.717, 1.165) is 22.3 Å². The van der Waals surface area contributed by atoms with E-state index in [-0.39, 0.29) is 6.42 Å². The molecular weight excluding hydrogens is 398 g/mol. The van der Waals surface area contributed by atoms with Crippen molar-refractivity contribution in [2.45, 2.75) is 38.8 Å². The number of carboxylic acid groups (broad SMARTS) is 1. The quantitative estimate of drug-likeness (QED) is 0.512. The first-order chi connectivity index (χ1) is 14.6. The zero-order chi connectivity index (χ0) is 23.0. The molecule has 0 unspecified atom stereocenters. The van der Waals surface area contributed by atoms with Gasteiger partial charge in [-0.15, -0.1) is 0 Å². The van der Waals surface area contributed by atoms with E-state index < -0.39 is 29.7 Å². The molecule has 7 nitrogen and oxygen atoms in total. The topological polar surface area (TPSA) is 102 Å². The molecule has 0 bridgehead atoms. The Morgan fingerprint density at radius 2 is 1.55 bits per heavy atom. The average molecular weight is 425 g/mol. The van der Waals surface area contributed by atoms with Crippen LogP contribution in [-0.2, 0) is 25.5 Å². The number of alkyl carbamates (subject to hydrolysis) is 1. The molecule has 0 radical (unpaired) electrons. The van der Waals surface area contributed by atoms with Gasteiger partial charge in [-0.2, -0.15) is 0 Å². The summed E-state index contributed by atoms with van der Waals surface area (Å²) in [5.74, 6) is -1.55. The molecule has 7 heteroatoms. The fourth-order valence-electron chi connectivity index (χ4n) is 2.74. The fraction of sp³-hybridized carbons (Fsp3) is 0.292. The van der Waals surface area contributed by atoms with Crippen LogP contribution in [0.15, 0.2) is 54.6 Å². The number of carbonyl (C=O) groups is 3. The summed E-state index contributed by atoms with van der Waals surface area (Å²) in [6.45, 7) is 5.13. The van der Waals surface area contributed by atoms with Gasteiger partial charge in [-0.25, -0.2) is 14.4 Å². The van der Waals surface area contributed by atoms with Crippen molar-refractivity contribution in [3.63, 3.8) is 0 Å². The maximum absolute atomic E-state index is 11.9. The van der Waals surface area contributed by atoms with Gasteiger partial charge >= 0.3 is 18.0 Å². The summed E-state index contributed by atoms with van der Waals surface area (Å²) >= 11 is 0. The molecule has 0 saturated carbocycles. The molecule has 1 amide bonds. The standard InChI is InChI=1S/C24H27NO6/c1-24(2,3)31-23(29)25-20(22(27)28)15-17-7-12-19(13-8-17)18-10-5-16(6-11-18)9-14-21(26)30-4/h5-14,20H,15H2,1-4H3,(H,25,29)(H,27,28)/b14-9-/t20-/m0/s1. The molecule has 0 saturated heterocycles. The van der Waals surface area contributed by atoms with Crippen LogP contribution < -0.4 is 5.32 Å². The van der Waals surface area contributed by atoms with Crippen LogP contribution in [0.3, 0.4) is 0 Å². The van der Waals surface area contributed by atoms with Gasteiger partial charge in [0.25, 0.3) is 0 Å². The minimum Gasteiger partial charge on any atom is -0.480 e. The molecule has 164 valence electrons. The molecule has 2 rings (SSSR count). The average Bonchev–Trinajstić information content (AvgIpc) is 2.71. The maximum atomic E-state index is 11.9. The number of nitrogens with one attached hydrogen (secondary N) is 1. The van der Waals surface area contributed by atoms with Gasteiger partial charge in [0.15, 0.2) is 0 Å². The summed E-state index contributed by atoms with van der Waals surface area (Å²) in [6.07, 6.45) is 2.39. The van der Waals surface area contributed by atoms with E-state index in [9.17, 15) is 19.5 Å². The second kappa shape index (κ2) is 10.4. The molecule has 31 heavy (non-hydrogen) atoms. The number of benzene rings is 2. The maximum Gasteiger partial charge on any atom is 0.408 e. The van der Waals surface area contributed by atoms with Gasteiger partial charge in [-0.3, -0.25) is 0 Å². The number of hydrogen-bond donors (Lipinski definition) is 2. The number of carboxylic acids is 1. The highest BCUT2D eigenvalue weighted by Crippen LogP contribution is 2.21. The SMILES string of the molecule is COC(=O)/C=C\c1ccc(-c2ccc(C[C@H](NC(=O)OC(C)(C)C)C(=O)O)cc2)cc1. The Morgan fingerprint density at radius 3 is 2.03 bits per heavy atom. The van der Waals surface area contributed by atoms with Gasteiger partial charge in [0.2, 0.25) is 0 Å². The molecule has 2 N–H and O–H groups in total. The Hall–Kier alpha value is -3.61. The van der Waals surface area contributed by atoms with Crippen molar-refractivity contribution >= 4 is 24.1 Å². The summed E-state index contributed by atoms with van der Waals surface area (Å²) < 4.78 is 9.70. The largest absolute Gasteiger partial charge is 0.480 e. The number of ether oxygens (including phenoxy) is 2. The van der Waals surface area contributed by atoms with E-state index in [1.54, 1.807) is 26.8 Å². The van der Waals surface area contributed by atoms with Crippen LogP contribution >= 0.6 is 0 Å². The lowest BCUT2D eigenvalue weighted by atomic mass is 10.00. The molecule has 0 fully saturated rings. The molecule has 2 aromatic carbocycles. The van der Waals surface area contributed by atoms with Gasteiger partial charge in [0.1, 0.15) is 11.6 Å². The lowest BCUT2D eigenvalue weighted by Gasteiger charge is -2.22. The second-order valence-corrected chi connectivity index (χ2v) is 7.92. The number of amides is 1. The molecule has 0 heterocycles. The second-order valence-electron chi connectivity index (χ2n) is 7.92. The molecule has 0 aliphatic rings. The van der Waals surface area contributed by atoms with Crippen LogP contribution in [0, 0.1) is 0 Å². The summed E-state index contributed by atoms with van der Waals surface area (Å²) in [5.41, 5.74) is 2.86. The molecule has 0 aliphatic carbocycles. The minimum absolute atomic E-state index is 0.131. The van der Waals surface area contributed by atoms with Crippen LogP contribution in [0.4, 0.5) is 4.79 Å². The Kier molecular flexibility index (Phi) is 7.96. The van der Waals surface area contributed by atoms with Crippen molar-refractivity contribution in [3.05, 3.63) is 65.7 Å². The van der Waals surface area contributed by atoms with Crippen molar-refractivity contribution in [1.82, 2.24) is 5.32 Å². The lowest BCUT2D eigenvalue weighted by molar-refractivity contribution is -0.139. The number of esters is 1. The van der Waals surface area contributed by atoms with E-state index in [1.807, 2.05) is 48.5 Å². The van der Waals surface area contributed by atoms with Gasteiger partial charge in [0.05, 0.1) is 7.11 Å². The minimum atomic E-state index is -1.13. The highest BCUT2D eigenvalue weighted by Gasteiger charge is 2.24. The van der Waals surface area contributed by atoms with Crippen molar-refractivity contribution in [1.29, 1.82) is 0 Å². The zero-order valence-corrected chi connectivity index (χ0v) is 18.0. The Balaban J connectivity index is 2.04. The highest BCUT2D eigenvalue weighted by atomic mass is 16.6. The molecule has 0 spiro atoms. The summed E-state index contributed by atoms with van der Waals surface area (Å²) in [7, 11) is 1.33. The lowest BCUT2D eigenvalue weighted by Crippen LogP contribution is -2.44. The number of carbonyl (C=O) groups excluding carboxylic acids is 2. The van der Waals surface area contributed by atoms with Crippen molar-refractivity contribution in [2.75, 3.05) is 7.11 Å². The molecule has 1 atom stereocenters. The zero-order valence-electron chi connectivity index (χ0n) is 18.0. The number of aliphatic carboxylic acids is 1. The summed E-state index contributed by atoms with van der Waals surface area (Å²) in [4.78, 5) is 34.6. The monoisotopic (exact) mass is 425 g/mol. The van der Waals surface area contributed by atoms with Gasteiger partial charge in [0, 0.05) is 12.5 Å². The first-order valence-corrected chi connectivity index (χ1v) is 9.75. The van der Waals surface area contributed by atoms with Crippen LogP contribution in [0.2, 0.25) is 0 Å². The van der Waals surface area contributed by atoms with Crippen LogP contribution in [0.5, 0.6) is 0 Å². The molecule has 2 aromatic rings. The number of rotatable bonds is 7. The summed E-state index contributed by atoms with van der Waals surface area (Å²) in [5, 5.41) is 11.8. The highest BCUT2D eigenvalue weighted by molar-refractivity contribution is 5.87. The number of methoxy groups -OCH3 is 1. The fourth-order valence-corrected chi connectivity index (χ4v) is 2.74. The first kappa shape index (κ1) is 23.7. The van der Waals surface area contributed by atoms with Crippen LogP contribution in [0.25, 0.3) is 17.2 Å². The number of hydrogen-bond acceptors (Lipinski definition) is 5. The normalized spacial score (nSPS) is 12.3. The van der Waals surface area contributed by atoms with Crippen LogP contribution in [0.1, 0.15) is 31.9 Å². The van der Waals surface area contributed by atoms with Crippen molar-refractivity contribution in [2.24, 2.45) is 0 Å². The van der Waals surface area contributed by atoms with Gasteiger partial charge in [-0.1, -0.05) is 48.5 Å².